The van der Waals surface area contributed by atoms with Crippen molar-refractivity contribution in [2.24, 2.45) is 0 Å². The summed E-state index contributed by atoms with van der Waals surface area (Å²) in [6, 6.07) is 0. The molecule has 7 N–H and O–H groups in total. The molecule has 2 heterocycles. The second-order valence-electron chi connectivity index (χ2n) is 3.74. The molecule has 0 saturated carbocycles. The van der Waals surface area contributed by atoms with Gasteiger partial charge in [0, 0.05) is 0 Å². The minimum atomic E-state index is -1.64. The van der Waals surface area contributed by atoms with Gasteiger partial charge in [-0.2, -0.15) is 4.98 Å². The predicted molar refractivity (Wildman–Crippen MR) is 67.3 cm³/mol. The Morgan fingerprint density at radius 1 is 1.35 bits per heavy atom. The van der Waals surface area contributed by atoms with E-state index in [9.17, 15) is 4.79 Å². The summed E-state index contributed by atoms with van der Waals surface area (Å²) in [5.74, 6) is 0.250. The Labute approximate surface area is 112 Å². The topological polar surface area (TPSA) is 178 Å². The molecule has 0 amide bonds. The lowest BCUT2D eigenvalue weighted by Gasteiger charge is -2.16. The number of fused-ring (bicyclic) bond motifs is 1. The summed E-state index contributed by atoms with van der Waals surface area (Å²) in [7, 11) is 0. The number of nitrogens with zero attached hydrogens (tertiary/aromatic N) is 3. The number of carbonyl (C=O) groups excluding carboxylic acids is 1. The molecular weight excluding hydrogens is 270 g/mol. The number of nitrogens with two attached hydrogens (primary N) is 1. The SMILES string of the molecule is Nc1ncc2[nH]cnc2n1.O=CC(O)C(O)C(O)CO. The van der Waals surface area contributed by atoms with Gasteiger partial charge in [-0.15, -0.1) is 0 Å². The van der Waals surface area contributed by atoms with E-state index in [1.165, 1.54) is 0 Å². The van der Waals surface area contributed by atoms with Crippen LogP contribution in [0, 0.1) is 0 Å². The van der Waals surface area contributed by atoms with E-state index in [0.29, 0.717) is 5.65 Å². The summed E-state index contributed by atoms with van der Waals surface area (Å²) in [5, 5.41) is 34.1. The third-order valence-electron chi connectivity index (χ3n) is 2.26. The van der Waals surface area contributed by atoms with E-state index in [2.05, 4.69) is 19.9 Å². The van der Waals surface area contributed by atoms with Gasteiger partial charge < -0.3 is 35.9 Å². The molecular formula is C10H15N5O5. The average molecular weight is 285 g/mol. The van der Waals surface area contributed by atoms with Crippen molar-refractivity contribution in [1.29, 1.82) is 0 Å². The normalized spacial score (nSPS) is 15.0. The lowest BCUT2D eigenvalue weighted by Crippen LogP contribution is -2.40. The quantitative estimate of drug-likeness (QED) is 0.323. The molecule has 0 aromatic carbocycles. The Hall–Kier alpha value is -2.14. The first-order chi connectivity index (χ1) is 9.49. The molecule has 0 radical (unpaired) electrons. The highest BCUT2D eigenvalue weighted by atomic mass is 16.4. The summed E-state index contributed by atoms with van der Waals surface area (Å²) in [6.07, 6.45) is -1.47. The zero-order valence-corrected chi connectivity index (χ0v) is 10.3. The van der Waals surface area contributed by atoms with Crippen molar-refractivity contribution in [2.45, 2.75) is 18.3 Å². The standard InChI is InChI=1S/C5H5N5.C5H10O5/c6-5-7-1-3-4(10-5)9-2-8-3;6-1-3(8)5(10)4(9)2-7/h1-2H,(H3,6,7,8,9,10);1,3-5,7-10H,2H2. The van der Waals surface area contributed by atoms with Crippen molar-refractivity contribution in [3.05, 3.63) is 12.5 Å². The maximum absolute atomic E-state index is 9.76. The van der Waals surface area contributed by atoms with Gasteiger partial charge in [-0.05, 0) is 0 Å². The minimum Gasteiger partial charge on any atom is -0.394 e. The molecule has 0 saturated heterocycles. The smallest absolute Gasteiger partial charge is 0.222 e. The minimum absolute atomic E-state index is 0.0869. The third kappa shape index (κ3) is 4.20. The van der Waals surface area contributed by atoms with Crippen LogP contribution in [0.4, 0.5) is 5.95 Å². The highest BCUT2D eigenvalue weighted by Crippen LogP contribution is 2.03. The first-order valence-corrected chi connectivity index (χ1v) is 5.51. The number of rotatable bonds is 4. The molecule has 0 aliphatic heterocycles. The van der Waals surface area contributed by atoms with Gasteiger partial charge in [0.1, 0.15) is 23.8 Å². The highest BCUT2D eigenvalue weighted by Gasteiger charge is 2.22. The lowest BCUT2D eigenvalue weighted by atomic mass is 10.1. The zero-order chi connectivity index (χ0) is 15.1. The maximum atomic E-state index is 9.76. The predicted octanol–water partition coefficient (Wildman–Crippen LogP) is -2.80. The monoisotopic (exact) mass is 285 g/mol. The number of aliphatic hydroxyl groups is 4. The van der Waals surface area contributed by atoms with Crippen LogP contribution in [0.15, 0.2) is 12.5 Å². The summed E-state index contributed by atoms with van der Waals surface area (Å²) in [6.45, 7) is -0.688. The molecule has 3 unspecified atom stereocenters. The third-order valence-corrected chi connectivity index (χ3v) is 2.26. The van der Waals surface area contributed by atoms with Crippen LogP contribution >= 0.6 is 0 Å². The number of nitrogens with one attached hydrogen (secondary N) is 1. The summed E-state index contributed by atoms with van der Waals surface area (Å²) in [5.41, 5.74) is 6.71. The van der Waals surface area contributed by atoms with Crippen molar-refractivity contribution in [3.8, 4) is 0 Å². The van der Waals surface area contributed by atoms with Crippen LogP contribution in [0.3, 0.4) is 0 Å². The van der Waals surface area contributed by atoms with Crippen LogP contribution < -0.4 is 5.73 Å². The number of anilines is 1. The van der Waals surface area contributed by atoms with Crippen molar-refractivity contribution in [3.63, 3.8) is 0 Å². The van der Waals surface area contributed by atoms with E-state index in [1.54, 1.807) is 12.5 Å². The fraction of sp³-hybridized carbons (Fsp3) is 0.400. The van der Waals surface area contributed by atoms with Crippen LogP contribution in [0.1, 0.15) is 0 Å². The molecule has 2 aromatic heterocycles. The molecule has 2 aromatic rings. The first kappa shape index (κ1) is 15.9. The van der Waals surface area contributed by atoms with E-state index >= 15 is 0 Å². The van der Waals surface area contributed by atoms with Gasteiger partial charge in [0.25, 0.3) is 0 Å². The van der Waals surface area contributed by atoms with Gasteiger partial charge in [-0.25, -0.2) is 9.97 Å². The van der Waals surface area contributed by atoms with Gasteiger partial charge in [-0.1, -0.05) is 0 Å². The number of carbonyl (C=O) groups is 1. The number of aliphatic hydroxyl groups excluding tert-OH is 4. The molecule has 0 spiro atoms. The van der Waals surface area contributed by atoms with E-state index < -0.39 is 24.9 Å². The molecule has 110 valence electrons. The molecule has 0 fully saturated rings. The number of imidazole rings is 1. The van der Waals surface area contributed by atoms with Gasteiger partial charge in [0.2, 0.25) is 5.95 Å². The summed E-state index contributed by atoms with van der Waals surface area (Å²) in [4.78, 5) is 24.1. The van der Waals surface area contributed by atoms with Crippen molar-refractivity contribution in [2.75, 3.05) is 12.3 Å². The number of hydrogen-bond donors (Lipinski definition) is 6. The summed E-state index contributed by atoms with van der Waals surface area (Å²) >= 11 is 0. The van der Waals surface area contributed by atoms with Crippen LogP contribution in [-0.2, 0) is 4.79 Å². The molecule has 3 atom stereocenters. The average Bonchev–Trinajstić information content (AvgIpc) is 2.92. The molecule has 0 bridgehead atoms. The fourth-order valence-corrected chi connectivity index (χ4v) is 1.17. The Kier molecular flexibility index (Phi) is 5.93. The van der Waals surface area contributed by atoms with Gasteiger partial charge >= 0.3 is 0 Å². The number of H-pyrrole nitrogens is 1. The molecule has 20 heavy (non-hydrogen) atoms. The molecule has 10 heteroatoms. The van der Waals surface area contributed by atoms with Gasteiger partial charge in [-0.3, -0.25) is 0 Å². The van der Waals surface area contributed by atoms with Crippen LogP contribution in [0.2, 0.25) is 0 Å². The van der Waals surface area contributed by atoms with E-state index in [0.717, 1.165) is 5.52 Å². The van der Waals surface area contributed by atoms with E-state index in [1.807, 2.05) is 0 Å². The Balaban J connectivity index is 0.000000200. The molecule has 0 aliphatic carbocycles. The van der Waals surface area contributed by atoms with Crippen LogP contribution in [0.25, 0.3) is 11.2 Å². The van der Waals surface area contributed by atoms with E-state index in [4.69, 9.17) is 26.2 Å². The first-order valence-electron chi connectivity index (χ1n) is 5.51. The highest BCUT2D eigenvalue weighted by molar-refractivity contribution is 5.69. The largest absolute Gasteiger partial charge is 0.394 e. The van der Waals surface area contributed by atoms with Gasteiger partial charge in [0.05, 0.1) is 19.1 Å². The van der Waals surface area contributed by atoms with Crippen LogP contribution in [0.5, 0.6) is 0 Å². The van der Waals surface area contributed by atoms with Crippen molar-refractivity contribution in [1.82, 2.24) is 19.9 Å². The summed E-state index contributed by atoms with van der Waals surface area (Å²) < 4.78 is 0. The second-order valence-corrected chi connectivity index (χ2v) is 3.74. The zero-order valence-electron chi connectivity index (χ0n) is 10.3. The Bertz CT molecular complexity index is 548. The Morgan fingerprint density at radius 3 is 2.65 bits per heavy atom. The number of hydrogen-bond acceptors (Lipinski definition) is 9. The molecule has 10 nitrogen and oxygen atoms in total. The van der Waals surface area contributed by atoms with Gasteiger partial charge in [0.15, 0.2) is 11.9 Å². The van der Waals surface area contributed by atoms with E-state index in [-0.39, 0.29) is 12.2 Å². The number of nitrogen functional groups attached to an aromatic ring is 1. The van der Waals surface area contributed by atoms with Crippen LogP contribution in [-0.4, -0.2) is 71.6 Å². The number of aldehydes is 1. The Morgan fingerprint density at radius 2 is 2.05 bits per heavy atom. The molecule has 0 aliphatic rings. The number of aromatic nitrogens is 4. The maximum Gasteiger partial charge on any atom is 0.222 e. The lowest BCUT2D eigenvalue weighted by molar-refractivity contribution is -0.127. The molecule has 2 rings (SSSR count). The van der Waals surface area contributed by atoms with Crippen molar-refractivity contribution >= 4 is 23.4 Å². The van der Waals surface area contributed by atoms with Crippen molar-refractivity contribution < 1.29 is 25.2 Å². The fourth-order valence-electron chi connectivity index (χ4n) is 1.17. The number of aromatic amines is 1. The second kappa shape index (κ2) is 7.45.